The van der Waals surface area contributed by atoms with Crippen molar-refractivity contribution in [3.63, 3.8) is 0 Å². The lowest BCUT2D eigenvalue weighted by molar-refractivity contribution is -0.393. The summed E-state index contributed by atoms with van der Waals surface area (Å²) in [7, 11) is 0. The third kappa shape index (κ3) is 4.12. The second-order valence-corrected chi connectivity index (χ2v) is 4.92. The van der Waals surface area contributed by atoms with Crippen molar-refractivity contribution in [2.75, 3.05) is 5.43 Å². The third-order valence-corrected chi connectivity index (χ3v) is 3.43. The SMILES string of the molecule is CC[C@H](C)/C(C)=N/Nc1c(Cl)cc([N+](=O)[O-])cc1[N+](=O)[O-]. The molecular weight excluding hydrogens is 300 g/mol. The standard InChI is InChI=1S/C12H15ClN4O4/c1-4-7(2)8(3)14-15-12-10(13)5-9(16(18)19)6-11(12)17(20)21/h5-7,15H,4H2,1-3H3/b14-8+/t7-/m0/s1. The van der Waals surface area contributed by atoms with Gasteiger partial charge >= 0.3 is 5.69 Å². The van der Waals surface area contributed by atoms with Crippen LogP contribution in [0, 0.1) is 26.1 Å². The second-order valence-electron chi connectivity index (χ2n) is 4.51. The highest BCUT2D eigenvalue weighted by molar-refractivity contribution is 6.34. The molecule has 0 saturated carbocycles. The molecule has 1 aromatic rings. The van der Waals surface area contributed by atoms with E-state index in [1.165, 1.54) is 0 Å². The molecule has 8 nitrogen and oxygen atoms in total. The fourth-order valence-corrected chi connectivity index (χ4v) is 1.74. The Morgan fingerprint density at radius 3 is 2.48 bits per heavy atom. The number of nitrogens with zero attached hydrogens (tertiary/aromatic N) is 3. The summed E-state index contributed by atoms with van der Waals surface area (Å²) in [6.07, 6.45) is 0.868. The zero-order valence-electron chi connectivity index (χ0n) is 11.8. The molecule has 21 heavy (non-hydrogen) atoms. The van der Waals surface area contributed by atoms with Crippen molar-refractivity contribution in [3.05, 3.63) is 37.4 Å². The summed E-state index contributed by atoms with van der Waals surface area (Å²) in [5.41, 5.74) is 2.29. The number of anilines is 1. The topological polar surface area (TPSA) is 111 Å². The van der Waals surface area contributed by atoms with Crippen LogP contribution < -0.4 is 5.43 Å². The highest BCUT2D eigenvalue weighted by Crippen LogP contribution is 2.36. The quantitative estimate of drug-likeness (QED) is 0.484. The van der Waals surface area contributed by atoms with E-state index in [0.29, 0.717) is 0 Å². The Kier molecular flexibility index (Phi) is 5.60. The molecule has 0 bridgehead atoms. The molecule has 1 atom stereocenters. The Bertz CT molecular complexity index is 603. The molecular formula is C12H15ClN4O4. The molecule has 1 N–H and O–H groups in total. The third-order valence-electron chi connectivity index (χ3n) is 3.13. The predicted octanol–water partition coefficient (Wildman–Crippen LogP) is 3.99. The zero-order chi connectivity index (χ0) is 16.2. The normalized spacial score (nSPS) is 12.9. The van der Waals surface area contributed by atoms with Crippen LogP contribution in [0.15, 0.2) is 17.2 Å². The van der Waals surface area contributed by atoms with Crippen molar-refractivity contribution in [1.82, 2.24) is 0 Å². The lowest BCUT2D eigenvalue weighted by Gasteiger charge is -2.09. The highest BCUT2D eigenvalue weighted by atomic mass is 35.5. The maximum Gasteiger partial charge on any atom is 0.302 e. The molecule has 0 aliphatic carbocycles. The van der Waals surface area contributed by atoms with Crippen molar-refractivity contribution in [2.24, 2.45) is 11.0 Å². The van der Waals surface area contributed by atoms with Gasteiger partial charge in [-0.2, -0.15) is 5.10 Å². The van der Waals surface area contributed by atoms with Gasteiger partial charge in [-0.3, -0.25) is 25.7 Å². The Morgan fingerprint density at radius 1 is 1.38 bits per heavy atom. The summed E-state index contributed by atoms with van der Waals surface area (Å²) in [5.74, 6) is 0.202. The summed E-state index contributed by atoms with van der Waals surface area (Å²) in [6, 6.07) is 1.90. The van der Waals surface area contributed by atoms with Crippen molar-refractivity contribution < 1.29 is 9.85 Å². The average Bonchev–Trinajstić information content (AvgIpc) is 2.43. The first kappa shape index (κ1) is 16.8. The molecule has 114 valence electrons. The number of nitro groups is 2. The number of hydrogen-bond acceptors (Lipinski definition) is 6. The van der Waals surface area contributed by atoms with Gasteiger partial charge in [-0.15, -0.1) is 0 Å². The molecule has 0 heterocycles. The van der Waals surface area contributed by atoms with Crippen LogP contribution in [0.25, 0.3) is 0 Å². The Morgan fingerprint density at radius 2 is 2.00 bits per heavy atom. The minimum absolute atomic E-state index is 0.0603. The van der Waals surface area contributed by atoms with Crippen molar-refractivity contribution in [3.8, 4) is 0 Å². The number of rotatable bonds is 6. The molecule has 0 amide bonds. The number of non-ortho nitro benzene ring substituents is 1. The van der Waals surface area contributed by atoms with E-state index in [1.807, 2.05) is 13.8 Å². The first-order valence-corrected chi connectivity index (χ1v) is 6.58. The van der Waals surface area contributed by atoms with Gasteiger partial charge in [0, 0.05) is 11.8 Å². The first-order chi connectivity index (χ1) is 9.77. The number of nitrogens with one attached hydrogen (secondary N) is 1. The monoisotopic (exact) mass is 314 g/mol. The van der Waals surface area contributed by atoms with Crippen molar-refractivity contribution in [1.29, 1.82) is 0 Å². The van der Waals surface area contributed by atoms with Gasteiger partial charge in [0.25, 0.3) is 5.69 Å². The Hall–Kier alpha value is -2.22. The summed E-state index contributed by atoms with van der Waals surface area (Å²) >= 11 is 5.88. The molecule has 9 heteroatoms. The zero-order valence-corrected chi connectivity index (χ0v) is 12.5. The maximum atomic E-state index is 11.0. The van der Waals surface area contributed by atoms with Gasteiger partial charge in [0.2, 0.25) is 0 Å². The molecule has 1 aromatic carbocycles. The summed E-state index contributed by atoms with van der Waals surface area (Å²) in [5, 5.41) is 25.7. The molecule has 0 radical (unpaired) electrons. The van der Waals surface area contributed by atoms with Gasteiger partial charge in [0.05, 0.1) is 20.9 Å². The molecule has 0 spiro atoms. The van der Waals surface area contributed by atoms with Crippen LogP contribution in [0.3, 0.4) is 0 Å². The van der Waals surface area contributed by atoms with E-state index >= 15 is 0 Å². The van der Waals surface area contributed by atoms with E-state index in [-0.39, 0.29) is 16.6 Å². The van der Waals surface area contributed by atoms with Crippen molar-refractivity contribution >= 4 is 34.4 Å². The number of hydrogen-bond donors (Lipinski definition) is 1. The second kappa shape index (κ2) is 6.98. The molecule has 0 aromatic heterocycles. The van der Waals surface area contributed by atoms with Gasteiger partial charge in [-0.25, -0.2) is 0 Å². The number of hydrazone groups is 1. The van der Waals surface area contributed by atoms with E-state index in [4.69, 9.17) is 11.6 Å². The highest BCUT2D eigenvalue weighted by Gasteiger charge is 2.23. The fourth-order valence-electron chi connectivity index (χ4n) is 1.49. The maximum absolute atomic E-state index is 11.0. The van der Waals surface area contributed by atoms with Crippen molar-refractivity contribution in [2.45, 2.75) is 27.2 Å². The van der Waals surface area contributed by atoms with Crippen LogP contribution in [0.5, 0.6) is 0 Å². The lowest BCUT2D eigenvalue weighted by Crippen LogP contribution is -2.08. The van der Waals surface area contributed by atoms with Gasteiger partial charge in [-0.1, -0.05) is 25.4 Å². The summed E-state index contributed by atoms with van der Waals surface area (Å²) in [4.78, 5) is 20.2. The number of benzene rings is 1. The lowest BCUT2D eigenvalue weighted by atomic mass is 10.1. The van der Waals surface area contributed by atoms with Gasteiger partial charge in [-0.05, 0) is 19.3 Å². The smallest absolute Gasteiger partial charge is 0.271 e. The van der Waals surface area contributed by atoms with Gasteiger partial charge in [0.15, 0.2) is 5.69 Å². The van der Waals surface area contributed by atoms with Crippen LogP contribution in [0.4, 0.5) is 17.1 Å². The molecule has 0 fully saturated rings. The van der Waals surface area contributed by atoms with Crippen LogP contribution >= 0.6 is 11.6 Å². The average molecular weight is 315 g/mol. The van der Waals surface area contributed by atoms with Gasteiger partial charge in [0.1, 0.15) is 0 Å². The fraction of sp³-hybridized carbons (Fsp3) is 0.417. The molecule has 0 unspecified atom stereocenters. The minimum atomic E-state index is -0.741. The minimum Gasteiger partial charge on any atom is -0.271 e. The molecule has 0 saturated heterocycles. The number of nitro benzene ring substituents is 2. The van der Waals surface area contributed by atoms with E-state index in [2.05, 4.69) is 10.5 Å². The molecule has 0 aliphatic heterocycles. The van der Waals surface area contributed by atoms with Crippen LogP contribution in [0.2, 0.25) is 5.02 Å². The first-order valence-electron chi connectivity index (χ1n) is 6.20. The van der Waals surface area contributed by atoms with E-state index < -0.39 is 21.2 Å². The number of halogens is 1. The van der Waals surface area contributed by atoms with Crippen LogP contribution in [-0.2, 0) is 0 Å². The van der Waals surface area contributed by atoms with Crippen LogP contribution in [0.1, 0.15) is 27.2 Å². The Labute approximate surface area is 126 Å². The largest absolute Gasteiger partial charge is 0.302 e. The Balaban J connectivity index is 3.23. The van der Waals surface area contributed by atoms with E-state index in [9.17, 15) is 20.2 Å². The van der Waals surface area contributed by atoms with E-state index in [1.54, 1.807) is 6.92 Å². The predicted molar refractivity (Wildman–Crippen MR) is 80.9 cm³/mol. The summed E-state index contributed by atoms with van der Waals surface area (Å²) in [6.45, 7) is 5.74. The van der Waals surface area contributed by atoms with Gasteiger partial charge < -0.3 is 0 Å². The summed E-state index contributed by atoms with van der Waals surface area (Å²) < 4.78 is 0. The molecule has 1 rings (SSSR count). The van der Waals surface area contributed by atoms with E-state index in [0.717, 1.165) is 24.3 Å². The van der Waals surface area contributed by atoms with Crippen LogP contribution in [-0.4, -0.2) is 15.6 Å². The molecule has 0 aliphatic rings.